The van der Waals surface area contributed by atoms with Crippen molar-refractivity contribution >= 4 is 5.78 Å². The number of ether oxygens (including phenoxy) is 2. The van der Waals surface area contributed by atoms with E-state index >= 15 is 0 Å². The van der Waals surface area contributed by atoms with E-state index in [1.165, 1.54) is 0 Å². The molecule has 0 N–H and O–H groups in total. The molecule has 1 unspecified atom stereocenters. The van der Waals surface area contributed by atoms with Crippen molar-refractivity contribution in [3.05, 3.63) is 29.3 Å². The zero-order chi connectivity index (χ0) is 12.4. The SMILES string of the molecule is COC(C(=O)c1cccc2c1OCC2)C(C)C. The number of methoxy groups -OCH3 is 1. The first-order valence-corrected chi connectivity index (χ1v) is 5.97. The molecule has 1 aromatic rings. The third-order valence-electron chi connectivity index (χ3n) is 3.10. The molecule has 1 atom stereocenters. The van der Waals surface area contributed by atoms with Crippen LogP contribution in [-0.4, -0.2) is 25.6 Å². The second-order valence-electron chi connectivity index (χ2n) is 4.66. The summed E-state index contributed by atoms with van der Waals surface area (Å²) in [6.07, 6.45) is 0.487. The van der Waals surface area contributed by atoms with Crippen LogP contribution in [0.25, 0.3) is 0 Å². The van der Waals surface area contributed by atoms with Crippen molar-refractivity contribution in [2.75, 3.05) is 13.7 Å². The minimum Gasteiger partial charge on any atom is -0.492 e. The number of ketones is 1. The Hall–Kier alpha value is -1.35. The van der Waals surface area contributed by atoms with Gasteiger partial charge in [-0.3, -0.25) is 4.79 Å². The highest BCUT2D eigenvalue weighted by Crippen LogP contribution is 2.31. The average Bonchev–Trinajstić information content (AvgIpc) is 2.76. The number of hydrogen-bond acceptors (Lipinski definition) is 3. The second-order valence-corrected chi connectivity index (χ2v) is 4.66. The van der Waals surface area contributed by atoms with E-state index in [1.54, 1.807) is 7.11 Å². The number of hydrogen-bond donors (Lipinski definition) is 0. The summed E-state index contributed by atoms with van der Waals surface area (Å²) in [5.41, 5.74) is 1.77. The van der Waals surface area contributed by atoms with Crippen molar-refractivity contribution < 1.29 is 14.3 Å². The first-order chi connectivity index (χ1) is 8.15. The molecule has 2 rings (SSSR count). The highest BCUT2D eigenvalue weighted by molar-refractivity contribution is 6.02. The molecule has 1 aliphatic heterocycles. The number of fused-ring (bicyclic) bond motifs is 1. The normalized spacial score (nSPS) is 15.5. The van der Waals surface area contributed by atoms with Gasteiger partial charge >= 0.3 is 0 Å². The molecule has 1 aromatic carbocycles. The summed E-state index contributed by atoms with van der Waals surface area (Å²) in [7, 11) is 1.58. The van der Waals surface area contributed by atoms with Crippen LogP contribution in [0.5, 0.6) is 5.75 Å². The van der Waals surface area contributed by atoms with E-state index in [4.69, 9.17) is 9.47 Å². The van der Waals surface area contributed by atoms with Crippen LogP contribution < -0.4 is 4.74 Å². The van der Waals surface area contributed by atoms with Crippen LogP contribution in [0.3, 0.4) is 0 Å². The minimum atomic E-state index is -0.398. The van der Waals surface area contributed by atoms with Crippen LogP contribution in [-0.2, 0) is 11.2 Å². The Morgan fingerprint density at radius 1 is 1.41 bits per heavy atom. The molecule has 1 aliphatic rings. The first-order valence-electron chi connectivity index (χ1n) is 5.97. The number of rotatable bonds is 4. The van der Waals surface area contributed by atoms with Crippen LogP contribution >= 0.6 is 0 Å². The van der Waals surface area contributed by atoms with Gasteiger partial charge in [0.05, 0.1) is 12.2 Å². The molecule has 0 aliphatic carbocycles. The fourth-order valence-electron chi connectivity index (χ4n) is 2.24. The highest BCUT2D eigenvalue weighted by atomic mass is 16.5. The maximum atomic E-state index is 12.4. The molecule has 17 heavy (non-hydrogen) atoms. The van der Waals surface area contributed by atoms with Crippen molar-refractivity contribution in [1.82, 2.24) is 0 Å². The van der Waals surface area contributed by atoms with Crippen molar-refractivity contribution in [1.29, 1.82) is 0 Å². The van der Waals surface area contributed by atoms with Gasteiger partial charge in [-0.15, -0.1) is 0 Å². The fourth-order valence-corrected chi connectivity index (χ4v) is 2.24. The number of carbonyl (C=O) groups excluding carboxylic acids is 1. The molecular formula is C14H18O3. The average molecular weight is 234 g/mol. The molecule has 1 heterocycles. The van der Waals surface area contributed by atoms with E-state index in [1.807, 2.05) is 32.0 Å². The third-order valence-corrected chi connectivity index (χ3v) is 3.10. The van der Waals surface area contributed by atoms with Crippen molar-refractivity contribution in [3.8, 4) is 5.75 Å². The van der Waals surface area contributed by atoms with Crippen LogP contribution in [0.2, 0.25) is 0 Å². The molecule has 0 saturated carbocycles. The van der Waals surface area contributed by atoms with Crippen LogP contribution in [0.4, 0.5) is 0 Å². The van der Waals surface area contributed by atoms with Gasteiger partial charge in [-0.1, -0.05) is 26.0 Å². The van der Waals surface area contributed by atoms with Gasteiger partial charge in [-0.05, 0) is 17.5 Å². The van der Waals surface area contributed by atoms with E-state index in [0.29, 0.717) is 12.2 Å². The summed E-state index contributed by atoms with van der Waals surface area (Å²) in [6.45, 7) is 4.63. The van der Waals surface area contributed by atoms with E-state index in [-0.39, 0.29) is 11.7 Å². The predicted molar refractivity (Wildman–Crippen MR) is 65.6 cm³/mol. The van der Waals surface area contributed by atoms with Crippen LogP contribution in [0.15, 0.2) is 18.2 Å². The molecular weight excluding hydrogens is 216 g/mol. The molecule has 0 bridgehead atoms. The number of Topliss-reactive ketones (excluding diaryl/α,β-unsaturated/α-hetero) is 1. The molecule has 0 radical (unpaired) electrons. The number of para-hydroxylation sites is 1. The topological polar surface area (TPSA) is 35.5 Å². The summed E-state index contributed by atoms with van der Waals surface area (Å²) in [5.74, 6) is 0.922. The molecule has 3 heteroatoms. The van der Waals surface area contributed by atoms with Gasteiger partial charge in [0.2, 0.25) is 0 Å². The lowest BCUT2D eigenvalue weighted by atomic mass is 9.95. The molecule has 0 saturated heterocycles. The van der Waals surface area contributed by atoms with Gasteiger partial charge in [0.15, 0.2) is 5.78 Å². The minimum absolute atomic E-state index is 0.0150. The maximum absolute atomic E-state index is 12.4. The quantitative estimate of drug-likeness (QED) is 0.751. The van der Waals surface area contributed by atoms with Crippen molar-refractivity contribution in [3.63, 3.8) is 0 Å². The summed E-state index contributed by atoms with van der Waals surface area (Å²) < 4.78 is 10.8. The van der Waals surface area contributed by atoms with Gasteiger partial charge in [0.1, 0.15) is 11.9 Å². The smallest absolute Gasteiger partial charge is 0.195 e. The lowest BCUT2D eigenvalue weighted by molar-refractivity contribution is 0.0456. The molecule has 0 aromatic heterocycles. The Morgan fingerprint density at radius 2 is 2.18 bits per heavy atom. The zero-order valence-corrected chi connectivity index (χ0v) is 10.5. The summed E-state index contributed by atoms with van der Waals surface area (Å²) in [4.78, 5) is 12.4. The van der Waals surface area contributed by atoms with E-state index < -0.39 is 6.10 Å². The van der Waals surface area contributed by atoms with Gasteiger partial charge < -0.3 is 9.47 Å². The largest absolute Gasteiger partial charge is 0.492 e. The van der Waals surface area contributed by atoms with E-state index in [2.05, 4.69) is 0 Å². The molecule has 92 valence electrons. The Labute approximate surface area is 102 Å². The van der Waals surface area contributed by atoms with Crippen LogP contribution in [0.1, 0.15) is 29.8 Å². The molecule has 0 fully saturated rings. The van der Waals surface area contributed by atoms with Crippen molar-refractivity contribution in [2.24, 2.45) is 5.92 Å². The molecule has 0 amide bonds. The summed E-state index contributed by atoms with van der Waals surface area (Å²) in [6, 6.07) is 5.74. The first kappa shape index (κ1) is 12.1. The standard InChI is InChI=1S/C14H18O3/c1-9(2)13(16-3)12(15)11-6-4-5-10-7-8-17-14(10)11/h4-6,9,13H,7-8H2,1-3H3. The van der Waals surface area contributed by atoms with Crippen LogP contribution in [0, 0.1) is 5.92 Å². The van der Waals surface area contributed by atoms with Gasteiger partial charge in [-0.25, -0.2) is 0 Å². The number of benzene rings is 1. The molecule has 3 nitrogen and oxygen atoms in total. The Bertz CT molecular complexity index is 423. The fraction of sp³-hybridized carbons (Fsp3) is 0.500. The lowest BCUT2D eigenvalue weighted by Crippen LogP contribution is -2.28. The summed E-state index contributed by atoms with van der Waals surface area (Å²) >= 11 is 0. The molecule has 0 spiro atoms. The Morgan fingerprint density at radius 3 is 2.82 bits per heavy atom. The van der Waals surface area contributed by atoms with E-state index in [9.17, 15) is 4.79 Å². The van der Waals surface area contributed by atoms with Gasteiger partial charge in [0.25, 0.3) is 0 Å². The lowest BCUT2D eigenvalue weighted by Gasteiger charge is -2.18. The highest BCUT2D eigenvalue weighted by Gasteiger charge is 2.28. The Kier molecular flexibility index (Phi) is 3.48. The second kappa shape index (κ2) is 4.88. The zero-order valence-electron chi connectivity index (χ0n) is 10.5. The number of carbonyl (C=O) groups is 1. The van der Waals surface area contributed by atoms with Gasteiger partial charge in [-0.2, -0.15) is 0 Å². The van der Waals surface area contributed by atoms with E-state index in [0.717, 1.165) is 17.7 Å². The summed E-state index contributed by atoms with van der Waals surface area (Å²) in [5, 5.41) is 0. The predicted octanol–water partition coefficient (Wildman–Crippen LogP) is 2.48. The Balaban J connectivity index is 2.34. The third kappa shape index (κ3) is 2.20. The van der Waals surface area contributed by atoms with Crippen molar-refractivity contribution in [2.45, 2.75) is 26.4 Å². The maximum Gasteiger partial charge on any atom is 0.195 e. The van der Waals surface area contributed by atoms with Gasteiger partial charge in [0, 0.05) is 13.5 Å². The monoisotopic (exact) mass is 234 g/mol.